The molecule has 0 radical (unpaired) electrons. The van der Waals surface area contributed by atoms with Crippen LogP contribution in [-0.4, -0.2) is 43.1 Å². The minimum atomic E-state index is -4.59. The minimum absolute atomic E-state index is 0.183. The first-order chi connectivity index (χ1) is 13.1. The van der Waals surface area contributed by atoms with Crippen molar-refractivity contribution in [3.05, 3.63) is 64.1 Å². The molecule has 0 saturated heterocycles. The molecule has 152 valence electrons. The number of aromatic nitrogens is 1. The predicted octanol–water partition coefficient (Wildman–Crippen LogP) is 2.29. The van der Waals surface area contributed by atoms with Crippen LogP contribution >= 0.6 is 0 Å². The summed E-state index contributed by atoms with van der Waals surface area (Å²) >= 11 is 0. The van der Waals surface area contributed by atoms with Crippen LogP contribution < -0.4 is 15.6 Å². The second-order valence-corrected chi connectivity index (χ2v) is 6.44. The Hall–Kier alpha value is -2.81. The lowest BCUT2D eigenvalue weighted by atomic mass is 10.1. The molecule has 1 atom stereocenters. The largest absolute Gasteiger partial charge is 0.497 e. The second kappa shape index (κ2) is 8.92. The number of nitrogens with zero attached hydrogens (tertiary/aromatic N) is 2. The van der Waals surface area contributed by atoms with Crippen LogP contribution in [0.15, 0.2) is 47.4 Å². The monoisotopic (exact) mass is 397 g/mol. The summed E-state index contributed by atoms with van der Waals surface area (Å²) in [4.78, 5) is 25.9. The van der Waals surface area contributed by atoms with Crippen molar-refractivity contribution in [2.45, 2.75) is 18.8 Å². The number of pyridine rings is 1. The van der Waals surface area contributed by atoms with Crippen LogP contribution in [0, 0.1) is 0 Å². The molecule has 0 saturated carbocycles. The molecule has 0 aliphatic rings. The Morgan fingerprint density at radius 1 is 1.25 bits per heavy atom. The number of hydrogen-bond acceptors (Lipinski definition) is 4. The maximum absolute atomic E-state index is 12.8. The summed E-state index contributed by atoms with van der Waals surface area (Å²) in [6, 6.07) is 8.67. The molecule has 1 aromatic carbocycles. The topological polar surface area (TPSA) is 63.6 Å². The highest BCUT2D eigenvalue weighted by Gasteiger charge is 2.31. The van der Waals surface area contributed by atoms with Crippen molar-refractivity contribution in [1.29, 1.82) is 0 Å². The van der Waals surface area contributed by atoms with Crippen LogP contribution in [0.1, 0.15) is 17.2 Å². The summed E-state index contributed by atoms with van der Waals surface area (Å²) in [6.45, 7) is -0.284. The molecule has 1 aromatic heterocycles. The smallest absolute Gasteiger partial charge is 0.417 e. The van der Waals surface area contributed by atoms with E-state index in [0.29, 0.717) is 18.0 Å². The molecule has 2 aromatic rings. The van der Waals surface area contributed by atoms with Crippen LogP contribution in [0.2, 0.25) is 0 Å². The quantitative estimate of drug-likeness (QED) is 0.779. The number of alkyl halides is 3. The second-order valence-electron chi connectivity index (χ2n) is 6.44. The molecule has 1 N–H and O–H groups in total. The summed E-state index contributed by atoms with van der Waals surface area (Å²) in [5.74, 6) is 0.113. The number of hydrogen-bond donors (Lipinski definition) is 1. The van der Waals surface area contributed by atoms with E-state index in [1.165, 1.54) is 0 Å². The molecule has 0 aliphatic heterocycles. The fourth-order valence-electron chi connectivity index (χ4n) is 2.69. The van der Waals surface area contributed by atoms with Gasteiger partial charge in [-0.25, -0.2) is 0 Å². The van der Waals surface area contributed by atoms with Crippen LogP contribution in [0.3, 0.4) is 0 Å². The van der Waals surface area contributed by atoms with Gasteiger partial charge in [0.25, 0.3) is 5.56 Å². The van der Waals surface area contributed by atoms with Gasteiger partial charge >= 0.3 is 6.18 Å². The Balaban J connectivity index is 2.09. The summed E-state index contributed by atoms with van der Waals surface area (Å²) < 4.78 is 44.3. The molecular formula is C19H22F3N3O3. The van der Waals surface area contributed by atoms with Crippen LogP contribution in [0.5, 0.6) is 5.75 Å². The Labute approximate surface area is 160 Å². The first kappa shape index (κ1) is 21.5. The molecule has 1 heterocycles. The third-order valence-electron chi connectivity index (χ3n) is 4.22. The van der Waals surface area contributed by atoms with Crippen molar-refractivity contribution in [3.63, 3.8) is 0 Å². The van der Waals surface area contributed by atoms with Crippen molar-refractivity contribution < 1.29 is 22.7 Å². The van der Waals surface area contributed by atoms with Gasteiger partial charge in [0.15, 0.2) is 0 Å². The Morgan fingerprint density at radius 3 is 2.57 bits per heavy atom. The average molecular weight is 397 g/mol. The highest BCUT2D eigenvalue weighted by Crippen LogP contribution is 2.28. The molecule has 2 rings (SSSR count). The van der Waals surface area contributed by atoms with Crippen LogP contribution in [0.4, 0.5) is 13.2 Å². The number of likely N-dealkylation sites (N-methyl/N-ethyl adjacent to an activating group) is 1. The SMILES string of the molecule is COc1cccc(C(CNC(=O)Cn2cc(C(F)(F)F)ccc2=O)N(C)C)c1. The third-order valence-corrected chi connectivity index (χ3v) is 4.22. The van der Waals surface area contributed by atoms with Crippen molar-refractivity contribution in [3.8, 4) is 5.75 Å². The van der Waals surface area contributed by atoms with E-state index in [1.807, 2.05) is 37.2 Å². The zero-order valence-corrected chi connectivity index (χ0v) is 15.8. The van der Waals surface area contributed by atoms with Crippen molar-refractivity contribution in [2.24, 2.45) is 0 Å². The van der Waals surface area contributed by atoms with E-state index < -0.39 is 29.8 Å². The third kappa shape index (κ3) is 5.59. The molecule has 1 unspecified atom stereocenters. The van der Waals surface area contributed by atoms with Crippen LogP contribution in [0.25, 0.3) is 0 Å². The van der Waals surface area contributed by atoms with Gasteiger partial charge in [-0.3, -0.25) is 9.59 Å². The minimum Gasteiger partial charge on any atom is -0.497 e. The zero-order valence-electron chi connectivity index (χ0n) is 15.8. The molecule has 0 fully saturated rings. The fraction of sp³-hybridized carbons (Fsp3) is 0.368. The van der Waals surface area contributed by atoms with Crippen molar-refractivity contribution in [1.82, 2.24) is 14.8 Å². The Bertz CT molecular complexity index is 878. The highest BCUT2D eigenvalue weighted by molar-refractivity contribution is 5.75. The van der Waals surface area contributed by atoms with E-state index in [2.05, 4.69) is 5.32 Å². The summed E-state index contributed by atoms with van der Waals surface area (Å²) in [5.41, 5.74) is -0.761. The number of methoxy groups -OCH3 is 1. The molecule has 6 nitrogen and oxygen atoms in total. The maximum atomic E-state index is 12.8. The van der Waals surface area contributed by atoms with Gasteiger partial charge < -0.3 is 19.5 Å². The molecule has 1 amide bonds. The number of benzene rings is 1. The highest BCUT2D eigenvalue weighted by atomic mass is 19.4. The lowest BCUT2D eigenvalue weighted by Crippen LogP contribution is -2.37. The lowest BCUT2D eigenvalue weighted by molar-refractivity contribution is -0.138. The van der Waals surface area contributed by atoms with E-state index >= 15 is 0 Å². The number of halogens is 3. The van der Waals surface area contributed by atoms with E-state index in [4.69, 9.17) is 4.74 Å². The summed E-state index contributed by atoms with van der Waals surface area (Å²) in [5, 5.41) is 2.67. The Kier molecular flexibility index (Phi) is 6.85. The first-order valence-electron chi connectivity index (χ1n) is 8.46. The number of carbonyl (C=O) groups excluding carboxylic acids is 1. The number of amides is 1. The normalized spacial score (nSPS) is 12.7. The van der Waals surface area contributed by atoms with Gasteiger partial charge in [-0.1, -0.05) is 12.1 Å². The standard InChI is InChI=1S/C19H22F3N3O3/c1-24(2)16(13-5-4-6-15(9-13)28-3)10-23-17(26)12-25-11-14(19(20,21)22)7-8-18(25)27/h4-9,11,16H,10,12H2,1-3H3,(H,23,26). The number of ether oxygens (including phenoxy) is 1. The van der Waals surface area contributed by atoms with Gasteiger partial charge in [-0.05, 0) is 37.9 Å². The Morgan fingerprint density at radius 2 is 1.96 bits per heavy atom. The zero-order chi connectivity index (χ0) is 20.9. The molecule has 28 heavy (non-hydrogen) atoms. The van der Waals surface area contributed by atoms with E-state index in [9.17, 15) is 22.8 Å². The molecule has 9 heteroatoms. The van der Waals surface area contributed by atoms with E-state index in [-0.39, 0.29) is 12.6 Å². The van der Waals surface area contributed by atoms with Gasteiger partial charge in [0.2, 0.25) is 5.91 Å². The van der Waals surface area contributed by atoms with E-state index in [1.54, 1.807) is 13.2 Å². The average Bonchev–Trinajstić information content (AvgIpc) is 2.62. The molecule has 0 spiro atoms. The van der Waals surface area contributed by atoms with E-state index in [0.717, 1.165) is 16.2 Å². The van der Waals surface area contributed by atoms with Crippen molar-refractivity contribution >= 4 is 5.91 Å². The van der Waals surface area contributed by atoms with Crippen LogP contribution in [-0.2, 0) is 17.5 Å². The van der Waals surface area contributed by atoms with Gasteiger partial charge in [-0.2, -0.15) is 13.2 Å². The molecular weight excluding hydrogens is 375 g/mol. The number of nitrogens with one attached hydrogen (secondary N) is 1. The lowest BCUT2D eigenvalue weighted by Gasteiger charge is -2.25. The van der Waals surface area contributed by atoms with Gasteiger partial charge in [-0.15, -0.1) is 0 Å². The van der Waals surface area contributed by atoms with Gasteiger partial charge in [0.05, 0.1) is 18.7 Å². The maximum Gasteiger partial charge on any atom is 0.417 e. The summed E-state index contributed by atoms with van der Waals surface area (Å²) in [7, 11) is 5.24. The van der Waals surface area contributed by atoms with Gasteiger partial charge in [0, 0.05) is 18.8 Å². The predicted molar refractivity (Wildman–Crippen MR) is 98.1 cm³/mol. The number of rotatable bonds is 7. The van der Waals surface area contributed by atoms with Gasteiger partial charge in [0.1, 0.15) is 12.3 Å². The molecule has 0 aliphatic carbocycles. The van der Waals surface area contributed by atoms with Crippen molar-refractivity contribution in [2.75, 3.05) is 27.7 Å². The number of carbonyl (C=O) groups is 1. The fourth-order valence-corrected chi connectivity index (χ4v) is 2.69. The first-order valence-corrected chi connectivity index (χ1v) is 8.46. The summed E-state index contributed by atoms with van der Waals surface area (Å²) in [6.07, 6.45) is -3.94. The molecule has 0 bridgehead atoms.